The maximum absolute atomic E-state index is 11.6. The molecule has 0 fully saturated rings. The first-order valence-corrected chi connectivity index (χ1v) is 9.06. The molecular weight excluding hydrogens is 292 g/mol. The van der Waals surface area contributed by atoms with Crippen molar-refractivity contribution >= 4 is 23.1 Å². The van der Waals surface area contributed by atoms with E-state index in [1.54, 1.807) is 0 Å². The van der Waals surface area contributed by atoms with Gasteiger partial charge in [0, 0.05) is 51.4 Å². The number of carbonyl (C=O) groups is 4. The van der Waals surface area contributed by atoms with Gasteiger partial charge in [-0.15, -0.1) is 0 Å². The minimum atomic E-state index is 0.144. The van der Waals surface area contributed by atoms with Crippen molar-refractivity contribution in [1.82, 2.24) is 0 Å². The third-order valence-corrected chi connectivity index (χ3v) is 3.83. The van der Waals surface area contributed by atoms with Crippen molar-refractivity contribution < 1.29 is 19.2 Å². The van der Waals surface area contributed by atoms with E-state index in [2.05, 4.69) is 0 Å². The first kappa shape index (κ1) is 21.7. The molecule has 0 spiro atoms. The summed E-state index contributed by atoms with van der Waals surface area (Å²) in [6, 6.07) is 0. The molecule has 0 aromatic carbocycles. The Labute approximate surface area is 140 Å². The lowest BCUT2D eigenvalue weighted by Gasteiger charge is -2.02. The molecule has 0 bridgehead atoms. The van der Waals surface area contributed by atoms with E-state index in [0.717, 1.165) is 32.1 Å². The van der Waals surface area contributed by atoms with Crippen molar-refractivity contribution in [2.75, 3.05) is 0 Å². The van der Waals surface area contributed by atoms with Gasteiger partial charge in [-0.25, -0.2) is 0 Å². The zero-order valence-corrected chi connectivity index (χ0v) is 14.8. The molecule has 4 heteroatoms. The van der Waals surface area contributed by atoms with E-state index in [0.29, 0.717) is 51.4 Å². The van der Waals surface area contributed by atoms with Gasteiger partial charge in [0.2, 0.25) is 0 Å². The van der Waals surface area contributed by atoms with Crippen LogP contribution in [0.4, 0.5) is 0 Å². The number of hydrogen-bond donors (Lipinski definition) is 0. The predicted octanol–water partition coefficient (Wildman–Crippen LogP) is 4.37. The number of rotatable bonds is 16. The van der Waals surface area contributed by atoms with Crippen LogP contribution >= 0.6 is 0 Å². The Balaban J connectivity index is 3.53. The normalized spacial score (nSPS) is 10.5. The van der Waals surface area contributed by atoms with Gasteiger partial charge in [0.15, 0.2) is 0 Å². The Morgan fingerprint density at radius 1 is 0.435 bits per heavy atom. The van der Waals surface area contributed by atoms with Crippen LogP contribution in [0.15, 0.2) is 0 Å². The molecule has 0 atom stereocenters. The SMILES string of the molecule is CCCC(=O)CCC(=O)CCCCCC(=O)CCC(=O)CCC. The Hall–Kier alpha value is -1.32. The third kappa shape index (κ3) is 14.0. The zero-order valence-electron chi connectivity index (χ0n) is 14.8. The van der Waals surface area contributed by atoms with Gasteiger partial charge in [-0.3, -0.25) is 19.2 Å². The summed E-state index contributed by atoms with van der Waals surface area (Å²) in [4.78, 5) is 45.9. The summed E-state index contributed by atoms with van der Waals surface area (Å²) in [5.74, 6) is 0.630. The fraction of sp³-hybridized carbons (Fsp3) is 0.789. The van der Waals surface area contributed by atoms with E-state index < -0.39 is 0 Å². The molecule has 4 nitrogen and oxygen atoms in total. The van der Waals surface area contributed by atoms with E-state index in [-0.39, 0.29) is 23.1 Å². The van der Waals surface area contributed by atoms with Gasteiger partial charge in [0.1, 0.15) is 23.1 Å². The van der Waals surface area contributed by atoms with Crippen molar-refractivity contribution in [3.63, 3.8) is 0 Å². The van der Waals surface area contributed by atoms with Crippen molar-refractivity contribution in [3.05, 3.63) is 0 Å². The van der Waals surface area contributed by atoms with Crippen LogP contribution in [0.2, 0.25) is 0 Å². The monoisotopic (exact) mass is 324 g/mol. The molecular formula is C19H32O4. The summed E-state index contributed by atoms with van der Waals surface area (Å²) < 4.78 is 0. The van der Waals surface area contributed by atoms with E-state index >= 15 is 0 Å². The lowest BCUT2D eigenvalue weighted by molar-refractivity contribution is -0.124. The lowest BCUT2D eigenvalue weighted by atomic mass is 10.0. The van der Waals surface area contributed by atoms with Gasteiger partial charge in [-0.2, -0.15) is 0 Å². The molecule has 0 radical (unpaired) electrons. The van der Waals surface area contributed by atoms with Crippen LogP contribution in [0.3, 0.4) is 0 Å². The molecule has 0 amide bonds. The van der Waals surface area contributed by atoms with Crippen LogP contribution in [-0.2, 0) is 19.2 Å². The van der Waals surface area contributed by atoms with E-state index in [1.807, 2.05) is 13.8 Å². The fourth-order valence-electron chi connectivity index (χ4n) is 2.44. The first-order chi connectivity index (χ1) is 11.0. The van der Waals surface area contributed by atoms with Crippen LogP contribution in [0.5, 0.6) is 0 Å². The average molecular weight is 324 g/mol. The van der Waals surface area contributed by atoms with Gasteiger partial charge in [-0.1, -0.05) is 20.3 Å². The highest BCUT2D eigenvalue weighted by molar-refractivity contribution is 5.86. The number of Topliss-reactive ketones (excluding diaryl/α,β-unsaturated/α-hetero) is 4. The quantitative estimate of drug-likeness (QED) is 0.395. The van der Waals surface area contributed by atoms with Gasteiger partial charge in [-0.05, 0) is 25.7 Å². The zero-order chi connectivity index (χ0) is 17.5. The van der Waals surface area contributed by atoms with Crippen LogP contribution in [0.25, 0.3) is 0 Å². The highest BCUT2D eigenvalue weighted by Gasteiger charge is 2.08. The maximum atomic E-state index is 11.6. The summed E-state index contributed by atoms with van der Waals surface area (Å²) in [6.07, 6.45) is 7.69. The number of ketones is 4. The first-order valence-electron chi connectivity index (χ1n) is 9.06. The highest BCUT2D eigenvalue weighted by Crippen LogP contribution is 2.09. The van der Waals surface area contributed by atoms with E-state index in [1.165, 1.54) is 0 Å². The van der Waals surface area contributed by atoms with Crippen molar-refractivity contribution in [2.24, 2.45) is 0 Å². The Kier molecular flexibility index (Phi) is 13.5. The Bertz CT molecular complexity index is 349. The molecule has 0 unspecified atom stereocenters. The second-order valence-electron chi connectivity index (χ2n) is 6.22. The number of hydrogen-bond acceptors (Lipinski definition) is 4. The molecule has 0 aromatic heterocycles. The summed E-state index contributed by atoms with van der Waals surface area (Å²) in [5, 5.41) is 0. The average Bonchev–Trinajstić information content (AvgIpc) is 2.51. The van der Waals surface area contributed by atoms with Gasteiger partial charge < -0.3 is 0 Å². The molecule has 0 saturated heterocycles. The molecule has 0 aliphatic carbocycles. The third-order valence-electron chi connectivity index (χ3n) is 3.83. The molecule has 0 aromatic rings. The van der Waals surface area contributed by atoms with Crippen molar-refractivity contribution in [2.45, 2.75) is 97.3 Å². The van der Waals surface area contributed by atoms with E-state index in [4.69, 9.17) is 0 Å². The van der Waals surface area contributed by atoms with E-state index in [9.17, 15) is 19.2 Å². The number of unbranched alkanes of at least 4 members (excludes halogenated alkanes) is 2. The molecule has 0 saturated carbocycles. The van der Waals surface area contributed by atoms with Gasteiger partial charge in [0.05, 0.1) is 0 Å². The van der Waals surface area contributed by atoms with Crippen molar-refractivity contribution in [1.29, 1.82) is 0 Å². The summed E-state index contributed by atoms with van der Waals surface area (Å²) >= 11 is 0. The second-order valence-corrected chi connectivity index (χ2v) is 6.22. The van der Waals surface area contributed by atoms with Gasteiger partial charge in [0.25, 0.3) is 0 Å². The smallest absolute Gasteiger partial charge is 0.133 e. The highest BCUT2D eigenvalue weighted by atomic mass is 16.1. The molecule has 0 heterocycles. The topological polar surface area (TPSA) is 68.3 Å². The molecule has 0 N–H and O–H groups in total. The fourth-order valence-corrected chi connectivity index (χ4v) is 2.44. The van der Waals surface area contributed by atoms with Crippen LogP contribution in [0.1, 0.15) is 97.3 Å². The standard InChI is InChI=1S/C19H32O4/c1-3-8-16(20)12-14-18(22)10-6-5-7-11-19(23)15-13-17(21)9-4-2/h3-15H2,1-2H3. The maximum Gasteiger partial charge on any atom is 0.133 e. The summed E-state index contributed by atoms with van der Waals surface area (Å²) in [6.45, 7) is 3.92. The van der Waals surface area contributed by atoms with Crippen LogP contribution in [0, 0.1) is 0 Å². The molecule has 0 aliphatic heterocycles. The minimum Gasteiger partial charge on any atom is -0.300 e. The van der Waals surface area contributed by atoms with Crippen LogP contribution in [-0.4, -0.2) is 23.1 Å². The summed E-state index contributed by atoms with van der Waals surface area (Å²) in [7, 11) is 0. The van der Waals surface area contributed by atoms with Gasteiger partial charge >= 0.3 is 0 Å². The molecule has 0 rings (SSSR count). The molecule has 0 aliphatic rings. The minimum absolute atomic E-state index is 0.144. The second kappa shape index (κ2) is 14.3. The molecule has 132 valence electrons. The lowest BCUT2D eigenvalue weighted by Crippen LogP contribution is -2.05. The molecule has 23 heavy (non-hydrogen) atoms. The predicted molar refractivity (Wildman–Crippen MR) is 91.4 cm³/mol. The largest absolute Gasteiger partial charge is 0.300 e. The Morgan fingerprint density at radius 3 is 1.04 bits per heavy atom. The van der Waals surface area contributed by atoms with Crippen LogP contribution < -0.4 is 0 Å². The summed E-state index contributed by atoms with van der Waals surface area (Å²) in [5.41, 5.74) is 0. The number of carbonyl (C=O) groups excluding carboxylic acids is 4. The Morgan fingerprint density at radius 2 is 0.739 bits per heavy atom. The van der Waals surface area contributed by atoms with Crippen molar-refractivity contribution in [3.8, 4) is 0 Å².